The third-order valence-electron chi connectivity index (χ3n) is 5.12. The van der Waals surface area contributed by atoms with Gasteiger partial charge in [0.05, 0.1) is 10.6 Å². The van der Waals surface area contributed by atoms with Gasteiger partial charge in [-0.25, -0.2) is 8.42 Å². The topological polar surface area (TPSA) is 57.7 Å². The smallest absolute Gasteiger partial charge is 0.264 e. The standard InChI is InChI=1S/C21H26N2O3S/c1-16-7-11-19(12-8-16)27(25,26)22(3)20-15-18(10-9-17(20)2)21(24)23-13-5-4-6-14-23/h7-12,15H,4-6,13-14H2,1-3H3. The zero-order valence-corrected chi connectivity index (χ0v) is 16.9. The third kappa shape index (κ3) is 4.00. The van der Waals surface area contributed by atoms with Gasteiger partial charge in [0, 0.05) is 25.7 Å². The summed E-state index contributed by atoms with van der Waals surface area (Å²) < 4.78 is 27.3. The van der Waals surface area contributed by atoms with Crippen LogP contribution in [0.3, 0.4) is 0 Å². The highest BCUT2D eigenvalue weighted by atomic mass is 32.2. The first-order chi connectivity index (χ1) is 12.8. The van der Waals surface area contributed by atoms with Crippen molar-refractivity contribution in [3.8, 4) is 0 Å². The number of likely N-dealkylation sites (tertiary alicyclic amines) is 1. The molecule has 0 atom stereocenters. The Labute approximate surface area is 161 Å². The second-order valence-corrected chi connectivity index (χ2v) is 9.11. The molecule has 0 spiro atoms. The average Bonchev–Trinajstić information content (AvgIpc) is 2.68. The highest BCUT2D eigenvalue weighted by Crippen LogP contribution is 2.27. The highest BCUT2D eigenvalue weighted by Gasteiger charge is 2.24. The Bertz CT molecular complexity index is 930. The van der Waals surface area contributed by atoms with Crippen molar-refractivity contribution in [1.82, 2.24) is 4.90 Å². The largest absolute Gasteiger partial charge is 0.339 e. The molecule has 1 aliphatic rings. The van der Waals surface area contributed by atoms with E-state index in [9.17, 15) is 13.2 Å². The maximum Gasteiger partial charge on any atom is 0.264 e. The van der Waals surface area contributed by atoms with Crippen molar-refractivity contribution < 1.29 is 13.2 Å². The van der Waals surface area contributed by atoms with E-state index in [1.807, 2.05) is 24.8 Å². The van der Waals surface area contributed by atoms with Crippen molar-refractivity contribution in [3.05, 3.63) is 59.2 Å². The second-order valence-electron chi connectivity index (χ2n) is 7.14. The maximum atomic E-state index is 13.0. The number of benzene rings is 2. The lowest BCUT2D eigenvalue weighted by molar-refractivity contribution is 0.0724. The summed E-state index contributed by atoms with van der Waals surface area (Å²) in [6, 6.07) is 12.1. The average molecular weight is 387 g/mol. The number of carbonyl (C=O) groups is 1. The predicted octanol–water partition coefficient (Wildman–Crippen LogP) is 3.75. The molecule has 2 aromatic carbocycles. The highest BCUT2D eigenvalue weighted by molar-refractivity contribution is 7.92. The summed E-state index contributed by atoms with van der Waals surface area (Å²) in [5, 5.41) is 0. The summed E-state index contributed by atoms with van der Waals surface area (Å²) in [7, 11) is -2.16. The number of amides is 1. The summed E-state index contributed by atoms with van der Waals surface area (Å²) in [6.07, 6.45) is 3.19. The Kier molecular flexibility index (Phi) is 5.56. The number of sulfonamides is 1. The first-order valence-corrected chi connectivity index (χ1v) is 10.7. The number of carbonyl (C=O) groups excluding carboxylic acids is 1. The van der Waals surface area contributed by atoms with Gasteiger partial charge in [0.15, 0.2) is 0 Å². The number of rotatable bonds is 4. The van der Waals surface area contributed by atoms with Crippen LogP contribution in [0.1, 0.15) is 40.7 Å². The lowest BCUT2D eigenvalue weighted by Gasteiger charge is -2.27. The van der Waals surface area contributed by atoms with Gasteiger partial charge in [0.2, 0.25) is 0 Å². The molecule has 1 saturated heterocycles. The van der Waals surface area contributed by atoms with Crippen LogP contribution in [0.2, 0.25) is 0 Å². The molecule has 144 valence electrons. The van der Waals surface area contributed by atoms with Crippen LogP contribution in [0.4, 0.5) is 5.69 Å². The Morgan fingerprint density at radius 2 is 1.59 bits per heavy atom. The molecule has 3 rings (SSSR count). The van der Waals surface area contributed by atoms with Gasteiger partial charge in [0.25, 0.3) is 15.9 Å². The van der Waals surface area contributed by atoms with Gasteiger partial charge in [-0.1, -0.05) is 23.8 Å². The second kappa shape index (κ2) is 7.72. The number of aryl methyl sites for hydroxylation is 2. The van der Waals surface area contributed by atoms with E-state index < -0.39 is 10.0 Å². The van der Waals surface area contributed by atoms with Crippen molar-refractivity contribution in [3.63, 3.8) is 0 Å². The van der Waals surface area contributed by atoms with E-state index in [0.717, 1.165) is 43.5 Å². The molecule has 5 nitrogen and oxygen atoms in total. The molecule has 0 N–H and O–H groups in total. The number of hydrogen-bond acceptors (Lipinski definition) is 3. The lowest BCUT2D eigenvalue weighted by Crippen LogP contribution is -2.35. The van der Waals surface area contributed by atoms with Crippen molar-refractivity contribution in [2.45, 2.75) is 38.0 Å². The normalized spacial score (nSPS) is 14.9. The molecule has 0 unspecified atom stereocenters. The molecule has 0 saturated carbocycles. The Balaban J connectivity index is 1.93. The van der Waals surface area contributed by atoms with E-state index in [2.05, 4.69) is 0 Å². The minimum atomic E-state index is -3.69. The summed E-state index contributed by atoms with van der Waals surface area (Å²) in [4.78, 5) is 14.9. The summed E-state index contributed by atoms with van der Waals surface area (Å²) in [5.41, 5.74) is 2.87. The zero-order chi connectivity index (χ0) is 19.6. The van der Waals surface area contributed by atoms with Crippen molar-refractivity contribution in [2.75, 3.05) is 24.4 Å². The van der Waals surface area contributed by atoms with E-state index in [1.54, 1.807) is 36.4 Å². The first-order valence-electron chi connectivity index (χ1n) is 9.26. The van der Waals surface area contributed by atoms with Gasteiger partial charge < -0.3 is 4.90 Å². The Morgan fingerprint density at radius 3 is 2.22 bits per heavy atom. The van der Waals surface area contributed by atoms with Crippen LogP contribution >= 0.6 is 0 Å². The fourth-order valence-corrected chi connectivity index (χ4v) is 4.61. The summed E-state index contributed by atoms with van der Waals surface area (Å²) in [5.74, 6) is -0.0305. The molecule has 27 heavy (non-hydrogen) atoms. The van der Waals surface area contributed by atoms with Gasteiger partial charge in [0.1, 0.15) is 0 Å². The van der Waals surface area contributed by atoms with Crippen molar-refractivity contribution >= 4 is 21.6 Å². The van der Waals surface area contributed by atoms with Gasteiger partial charge in [-0.15, -0.1) is 0 Å². The number of anilines is 1. The minimum absolute atomic E-state index is 0.0305. The molecule has 0 radical (unpaired) electrons. The van der Waals surface area contributed by atoms with E-state index in [1.165, 1.54) is 11.4 Å². The Hall–Kier alpha value is -2.34. The van der Waals surface area contributed by atoms with E-state index >= 15 is 0 Å². The van der Waals surface area contributed by atoms with E-state index in [-0.39, 0.29) is 10.8 Å². The zero-order valence-electron chi connectivity index (χ0n) is 16.1. The van der Waals surface area contributed by atoms with Gasteiger partial charge in [-0.2, -0.15) is 0 Å². The van der Waals surface area contributed by atoms with Crippen LogP contribution in [-0.4, -0.2) is 39.4 Å². The van der Waals surface area contributed by atoms with E-state index in [4.69, 9.17) is 0 Å². The van der Waals surface area contributed by atoms with Gasteiger partial charge in [-0.3, -0.25) is 9.10 Å². The number of piperidine rings is 1. The molecule has 1 heterocycles. The number of nitrogens with zero attached hydrogens (tertiary/aromatic N) is 2. The molecule has 1 fully saturated rings. The van der Waals surface area contributed by atoms with Crippen LogP contribution in [0.5, 0.6) is 0 Å². The summed E-state index contributed by atoms with van der Waals surface area (Å²) >= 11 is 0. The van der Waals surface area contributed by atoms with E-state index in [0.29, 0.717) is 11.3 Å². The van der Waals surface area contributed by atoms with Crippen LogP contribution in [0.15, 0.2) is 47.4 Å². The SMILES string of the molecule is Cc1ccc(S(=O)(=O)N(C)c2cc(C(=O)N3CCCCC3)ccc2C)cc1. The molecule has 2 aromatic rings. The molecule has 0 aliphatic carbocycles. The molecule has 6 heteroatoms. The lowest BCUT2D eigenvalue weighted by atomic mass is 10.1. The van der Waals surface area contributed by atoms with Crippen molar-refractivity contribution in [1.29, 1.82) is 0 Å². The third-order valence-corrected chi connectivity index (χ3v) is 6.90. The molecule has 0 aromatic heterocycles. The van der Waals surface area contributed by atoms with Crippen LogP contribution in [0.25, 0.3) is 0 Å². The van der Waals surface area contributed by atoms with Crippen LogP contribution < -0.4 is 4.31 Å². The van der Waals surface area contributed by atoms with Gasteiger partial charge >= 0.3 is 0 Å². The Morgan fingerprint density at radius 1 is 0.963 bits per heavy atom. The fraction of sp³-hybridized carbons (Fsp3) is 0.381. The fourth-order valence-electron chi connectivity index (χ4n) is 3.36. The molecule has 1 amide bonds. The molecular weight excluding hydrogens is 360 g/mol. The predicted molar refractivity (Wildman–Crippen MR) is 108 cm³/mol. The minimum Gasteiger partial charge on any atom is -0.339 e. The monoisotopic (exact) mass is 386 g/mol. The summed E-state index contributed by atoms with van der Waals surface area (Å²) in [6.45, 7) is 5.30. The number of hydrogen-bond donors (Lipinski definition) is 0. The molecule has 0 bridgehead atoms. The van der Waals surface area contributed by atoms with Crippen LogP contribution in [0, 0.1) is 13.8 Å². The first kappa shape index (κ1) is 19.4. The molecular formula is C21H26N2O3S. The van der Waals surface area contributed by atoms with Crippen LogP contribution in [-0.2, 0) is 10.0 Å². The maximum absolute atomic E-state index is 13.0. The van der Waals surface area contributed by atoms with Gasteiger partial charge in [-0.05, 0) is 62.9 Å². The quantitative estimate of drug-likeness (QED) is 0.804. The molecule has 1 aliphatic heterocycles. The van der Waals surface area contributed by atoms with Crippen molar-refractivity contribution in [2.24, 2.45) is 0 Å².